The maximum absolute atomic E-state index is 12.6. The number of thiophene rings is 1. The highest BCUT2D eigenvalue weighted by atomic mass is 32.1. The van der Waals surface area contributed by atoms with Gasteiger partial charge in [-0.15, -0.1) is 11.3 Å². The fraction of sp³-hybridized carbons (Fsp3) is 0.700. The number of aryl methyl sites for hydroxylation is 1. The summed E-state index contributed by atoms with van der Waals surface area (Å²) in [6, 6.07) is 3.99. The van der Waals surface area contributed by atoms with Crippen molar-refractivity contribution < 1.29 is 14.3 Å². The van der Waals surface area contributed by atoms with E-state index >= 15 is 0 Å². The molecule has 4 nitrogen and oxygen atoms in total. The third kappa shape index (κ3) is 3.76. The Balaban J connectivity index is 1.28. The molecule has 136 valence electrons. The lowest BCUT2D eigenvalue weighted by Crippen LogP contribution is -2.61. The largest absolute Gasteiger partial charge is 0.453 e. The first-order valence-electron chi connectivity index (χ1n) is 9.55. The van der Waals surface area contributed by atoms with E-state index in [0.717, 1.165) is 37.0 Å². The summed E-state index contributed by atoms with van der Waals surface area (Å²) in [6.07, 6.45) is 7.70. The van der Waals surface area contributed by atoms with Gasteiger partial charge in [0.1, 0.15) is 0 Å². The molecular formula is C20H27NO3S. The minimum absolute atomic E-state index is 0.0243. The van der Waals surface area contributed by atoms with E-state index in [1.807, 2.05) is 17.5 Å². The predicted octanol–water partition coefficient (Wildman–Crippen LogP) is 3.70. The molecule has 1 aromatic heterocycles. The number of carbonyl (C=O) groups excluding carboxylic acids is 2. The van der Waals surface area contributed by atoms with Crippen molar-refractivity contribution in [1.29, 1.82) is 0 Å². The van der Waals surface area contributed by atoms with Gasteiger partial charge in [0, 0.05) is 10.4 Å². The van der Waals surface area contributed by atoms with Crippen molar-refractivity contribution in [1.82, 2.24) is 5.32 Å². The van der Waals surface area contributed by atoms with Gasteiger partial charge in [0.25, 0.3) is 5.91 Å². The summed E-state index contributed by atoms with van der Waals surface area (Å²) < 4.78 is 5.38. The van der Waals surface area contributed by atoms with Crippen LogP contribution in [-0.4, -0.2) is 23.5 Å². The summed E-state index contributed by atoms with van der Waals surface area (Å²) in [6.45, 7) is 1.69. The summed E-state index contributed by atoms with van der Waals surface area (Å²) in [7, 11) is 0. The standard InChI is InChI=1S/C20H27NO3S/c1-13(24-18(22)5-4-17-3-2-6-25-17)19(23)21-20-10-14-7-15(11-20)9-16(8-14)12-20/h2-3,6,13-16H,4-5,7-12H2,1H3,(H,21,23)/t13-,14?,15?,16?,20?/m0/s1. The number of nitrogens with one attached hydrogen (secondary N) is 1. The Bertz CT molecular complexity index is 604. The van der Waals surface area contributed by atoms with Crippen LogP contribution in [0.4, 0.5) is 0 Å². The first-order valence-corrected chi connectivity index (χ1v) is 10.4. The molecule has 4 aliphatic rings. The Morgan fingerprint density at radius 3 is 2.44 bits per heavy atom. The predicted molar refractivity (Wildman–Crippen MR) is 97.2 cm³/mol. The first kappa shape index (κ1) is 17.1. The topological polar surface area (TPSA) is 55.4 Å². The van der Waals surface area contributed by atoms with Gasteiger partial charge in [0.2, 0.25) is 0 Å². The molecule has 4 fully saturated rings. The van der Waals surface area contributed by atoms with Crippen molar-refractivity contribution in [3.63, 3.8) is 0 Å². The molecule has 0 unspecified atom stereocenters. The van der Waals surface area contributed by atoms with Crippen LogP contribution in [-0.2, 0) is 20.7 Å². The van der Waals surface area contributed by atoms with Crippen LogP contribution in [0, 0.1) is 17.8 Å². The third-order valence-corrected chi connectivity index (χ3v) is 7.20. The molecule has 0 spiro atoms. The lowest BCUT2D eigenvalue weighted by molar-refractivity contribution is -0.156. The zero-order chi connectivity index (χ0) is 17.4. The molecule has 1 heterocycles. The summed E-state index contributed by atoms with van der Waals surface area (Å²) in [5.74, 6) is 1.95. The van der Waals surface area contributed by atoms with Gasteiger partial charge >= 0.3 is 5.97 Å². The van der Waals surface area contributed by atoms with E-state index in [1.165, 1.54) is 24.1 Å². The summed E-state index contributed by atoms with van der Waals surface area (Å²) in [5.41, 5.74) is -0.0243. The van der Waals surface area contributed by atoms with Crippen molar-refractivity contribution in [3.05, 3.63) is 22.4 Å². The zero-order valence-corrected chi connectivity index (χ0v) is 15.6. The molecule has 25 heavy (non-hydrogen) atoms. The molecule has 0 aromatic carbocycles. The van der Waals surface area contributed by atoms with Gasteiger partial charge in [-0.1, -0.05) is 6.07 Å². The number of hydrogen-bond donors (Lipinski definition) is 1. The SMILES string of the molecule is C[C@H](OC(=O)CCc1cccs1)C(=O)NC12CC3CC(CC(C3)C1)C2. The minimum atomic E-state index is -0.705. The lowest BCUT2D eigenvalue weighted by Gasteiger charge is -2.57. The van der Waals surface area contributed by atoms with Crippen LogP contribution in [0.1, 0.15) is 56.7 Å². The molecule has 5 heteroatoms. The molecule has 4 aliphatic carbocycles. The highest BCUT2D eigenvalue weighted by Crippen LogP contribution is 2.55. The number of amides is 1. The first-order chi connectivity index (χ1) is 12.0. The number of esters is 1. The number of rotatable bonds is 6. The maximum Gasteiger partial charge on any atom is 0.306 e. The maximum atomic E-state index is 12.6. The van der Waals surface area contributed by atoms with Crippen LogP contribution in [0.3, 0.4) is 0 Å². The van der Waals surface area contributed by atoms with Gasteiger partial charge in [-0.05, 0) is 81.1 Å². The fourth-order valence-electron chi connectivity index (χ4n) is 5.62. The van der Waals surface area contributed by atoms with E-state index in [1.54, 1.807) is 18.3 Å². The van der Waals surface area contributed by atoms with Gasteiger partial charge in [-0.3, -0.25) is 9.59 Å². The van der Waals surface area contributed by atoms with E-state index in [4.69, 9.17) is 4.74 Å². The van der Waals surface area contributed by atoms with Crippen molar-refractivity contribution in [3.8, 4) is 0 Å². The van der Waals surface area contributed by atoms with E-state index < -0.39 is 6.10 Å². The Morgan fingerprint density at radius 1 is 1.24 bits per heavy atom. The fourth-order valence-corrected chi connectivity index (χ4v) is 6.33. The second kappa shape index (κ2) is 6.75. The van der Waals surface area contributed by atoms with Crippen LogP contribution in [0.25, 0.3) is 0 Å². The third-order valence-electron chi connectivity index (χ3n) is 6.26. The van der Waals surface area contributed by atoms with Gasteiger partial charge in [-0.2, -0.15) is 0 Å². The van der Waals surface area contributed by atoms with Gasteiger partial charge < -0.3 is 10.1 Å². The normalized spacial score (nSPS) is 33.9. The molecule has 1 aromatic rings. The number of hydrogen-bond acceptors (Lipinski definition) is 4. The summed E-state index contributed by atoms with van der Waals surface area (Å²) in [4.78, 5) is 25.8. The number of ether oxygens (including phenoxy) is 1. The van der Waals surface area contributed by atoms with Crippen molar-refractivity contribution >= 4 is 23.2 Å². The monoisotopic (exact) mass is 361 g/mol. The molecular weight excluding hydrogens is 334 g/mol. The molecule has 4 bridgehead atoms. The van der Waals surface area contributed by atoms with Gasteiger partial charge in [0.05, 0.1) is 6.42 Å². The van der Waals surface area contributed by atoms with Crippen molar-refractivity contribution in [2.75, 3.05) is 0 Å². The zero-order valence-electron chi connectivity index (χ0n) is 14.8. The number of carbonyl (C=O) groups is 2. The Kier molecular flexibility index (Phi) is 4.61. The van der Waals surface area contributed by atoms with Crippen LogP contribution in [0.15, 0.2) is 17.5 Å². The molecule has 4 saturated carbocycles. The average Bonchev–Trinajstić information content (AvgIpc) is 3.04. The lowest BCUT2D eigenvalue weighted by atomic mass is 9.53. The molecule has 5 rings (SSSR count). The van der Waals surface area contributed by atoms with E-state index in [2.05, 4.69) is 5.32 Å². The van der Waals surface area contributed by atoms with Crippen LogP contribution in [0.5, 0.6) is 0 Å². The minimum Gasteiger partial charge on any atom is -0.453 e. The average molecular weight is 362 g/mol. The molecule has 0 radical (unpaired) electrons. The van der Waals surface area contributed by atoms with Crippen molar-refractivity contribution in [2.24, 2.45) is 17.8 Å². The highest BCUT2D eigenvalue weighted by Gasteiger charge is 2.51. The Hall–Kier alpha value is -1.36. The molecule has 1 N–H and O–H groups in total. The van der Waals surface area contributed by atoms with E-state index in [-0.39, 0.29) is 17.4 Å². The smallest absolute Gasteiger partial charge is 0.306 e. The highest BCUT2D eigenvalue weighted by molar-refractivity contribution is 7.09. The van der Waals surface area contributed by atoms with Crippen LogP contribution >= 0.6 is 11.3 Å². The Morgan fingerprint density at radius 2 is 1.88 bits per heavy atom. The van der Waals surface area contributed by atoms with Crippen LogP contribution in [0.2, 0.25) is 0 Å². The Labute approximate surface area is 153 Å². The molecule has 1 atom stereocenters. The van der Waals surface area contributed by atoms with Crippen molar-refractivity contribution in [2.45, 2.75) is 69.9 Å². The quantitative estimate of drug-likeness (QED) is 0.786. The summed E-state index contributed by atoms with van der Waals surface area (Å²) >= 11 is 1.64. The van der Waals surface area contributed by atoms with E-state index in [0.29, 0.717) is 12.8 Å². The van der Waals surface area contributed by atoms with Gasteiger partial charge in [-0.25, -0.2) is 0 Å². The van der Waals surface area contributed by atoms with Gasteiger partial charge in [0.15, 0.2) is 6.10 Å². The second-order valence-electron chi connectivity index (χ2n) is 8.40. The second-order valence-corrected chi connectivity index (χ2v) is 9.43. The molecule has 1 amide bonds. The molecule has 0 aliphatic heterocycles. The summed E-state index contributed by atoms with van der Waals surface area (Å²) in [5, 5.41) is 5.29. The molecule has 0 saturated heterocycles. The van der Waals surface area contributed by atoms with E-state index in [9.17, 15) is 9.59 Å². The van der Waals surface area contributed by atoms with Crippen LogP contribution < -0.4 is 5.32 Å².